The summed E-state index contributed by atoms with van der Waals surface area (Å²) in [6.45, 7) is 19.0. The Balaban J connectivity index is 0.000000167. The Morgan fingerprint density at radius 2 is 0.753 bits per heavy atom. The molecule has 16 rings (SSSR count). The van der Waals surface area contributed by atoms with Crippen LogP contribution in [-0.4, -0.2) is 129 Å². The summed E-state index contributed by atoms with van der Waals surface area (Å²) in [5.74, 6) is 0.248. The van der Waals surface area contributed by atoms with Gasteiger partial charge in [-0.1, -0.05) is 130 Å². The number of carbonyl (C=O) groups is 4. The highest BCUT2D eigenvalue weighted by atomic mass is 19.4. The number of amides is 4. The minimum absolute atomic E-state index is 0.0122. The Morgan fingerprint density at radius 1 is 0.407 bits per heavy atom. The van der Waals surface area contributed by atoms with Gasteiger partial charge in [-0.3, -0.25) is 19.2 Å². The largest absolute Gasteiger partial charge is 0.573 e. The number of carbonyl (C=O) groups excluding carboxylic acids is 4. The average molecular weight is 2030 g/mol. The lowest BCUT2D eigenvalue weighted by Gasteiger charge is -2.16. The molecule has 0 saturated carbocycles. The summed E-state index contributed by atoms with van der Waals surface area (Å²) in [6.07, 6.45) is 3.97. The fourth-order valence-corrected chi connectivity index (χ4v) is 13.2. The van der Waals surface area contributed by atoms with E-state index in [0.29, 0.717) is 117 Å². The maximum Gasteiger partial charge on any atom is 0.573 e. The van der Waals surface area contributed by atoms with Crippen LogP contribution in [-0.2, 0) is 19.2 Å². The molecule has 0 radical (unpaired) electrons. The van der Waals surface area contributed by atoms with E-state index in [-0.39, 0.29) is 75.8 Å². The molecule has 15 N–H and O–H groups in total. The number of alkyl halides is 3. The molecule has 1 aliphatic rings. The van der Waals surface area contributed by atoms with Gasteiger partial charge < -0.3 is 103 Å². The number of benzene rings is 10. The number of methoxy groups -OCH3 is 2. The molecule has 4 amide bonds. The number of ether oxygens (including phenoxy) is 4. The third kappa shape index (κ3) is 33.8. The molecule has 150 heavy (non-hydrogen) atoms. The number of aromatic nitrogens is 10. The van der Waals surface area contributed by atoms with Crippen molar-refractivity contribution >= 4 is 156 Å². The molecule has 37 nitrogen and oxygen atoms in total. The van der Waals surface area contributed by atoms with Crippen molar-refractivity contribution in [1.29, 1.82) is 15.8 Å². The van der Waals surface area contributed by atoms with Gasteiger partial charge in [-0.05, 0) is 175 Å². The Morgan fingerprint density at radius 3 is 1.18 bits per heavy atom. The molecule has 5 aromatic heterocycles. The number of nitrogens with zero attached hydrogens (tertiary/aromatic N) is 14. The van der Waals surface area contributed by atoms with Gasteiger partial charge in [0, 0.05) is 105 Å². The number of hydrogen-bond donors (Lipinski definition) is 15. The summed E-state index contributed by atoms with van der Waals surface area (Å²) in [5, 5.41) is 84.8. The van der Waals surface area contributed by atoms with Gasteiger partial charge >= 0.3 is 6.36 Å². The molecule has 1 aliphatic heterocycles. The fourth-order valence-electron chi connectivity index (χ4n) is 13.2. The number of anilines is 23. The second kappa shape index (κ2) is 54.0. The third-order valence-electron chi connectivity index (χ3n) is 20.4. The van der Waals surface area contributed by atoms with Gasteiger partial charge in [0.25, 0.3) is 0 Å². The molecular formula is C107H93F6N27O10. The molecule has 0 spiro atoms. The van der Waals surface area contributed by atoms with Crippen molar-refractivity contribution in [2.45, 2.75) is 31.4 Å². The highest BCUT2D eigenvalue weighted by Gasteiger charge is 2.31. The van der Waals surface area contributed by atoms with Crippen molar-refractivity contribution in [3.8, 4) is 41.2 Å². The number of aliphatic hydroxyl groups excluding tert-OH is 2. The zero-order valence-corrected chi connectivity index (χ0v) is 79.8. The van der Waals surface area contributed by atoms with Gasteiger partial charge in [0.05, 0.1) is 75.0 Å². The Kier molecular flexibility index (Phi) is 38.9. The molecule has 6 heterocycles. The Hall–Kier alpha value is -20.6. The van der Waals surface area contributed by atoms with Gasteiger partial charge in [-0.15, -0.1) is 13.2 Å². The predicted octanol–water partition coefficient (Wildman–Crippen LogP) is 21.6. The van der Waals surface area contributed by atoms with Gasteiger partial charge in [-0.2, -0.15) is 40.7 Å². The van der Waals surface area contributed by atoms with Crippen molar-refractivity contribution in [3.63, 3.8) is 0 Å². The first kappa shape index (κ1) is 108. The minimum atomic E-state index is -4.84. The van der Waals surface area contributed by atoms with Crippen LogP contribution in [0, 0.1) is 51.4 Å². The first-order chi connectivity index (χ1) is 72.5. The van der Waals surface area contributed by atoms with E-state index in [1.807, 2.05) is 121 Å². The first-order valence-corrected chi connectivity index (χ1v) is 44.9. The molecule has 10 aromatic carbocycles. The summed E-state index contributed by atoms with van der Waals surface area (Å²) in [6, 6.07) is 77.9. The van der Waals surface area contributed by atoms with Crippen LogP contribution >= 0.6 is 0 Å². The van der Waals surface area contributed by atoms with Crippen LogP contribution in [0.3, 0.4) is 0 Å². The highest BCUT2D eigenvalue weighted by molar-refractivity contribution is 6.00. The quantitative estimate of drug-likeness (QED) is 0.00977. The first-order valence-electron chi connectivity index (χ1n) is 44.9. The number of nitriles is 3. The number of halogens is 6. The van der Waals surface area contributed by atoms with Gasteiger partial charge in [-0.25, -0.2) is 38.1 Å². The SMILES string of the molecule is C=C(C#N)C(O)c1ccc(Nc2nc(Nc3ccccc3)ncc2F)cc1.C=C(C#N)C(O)c1cccc(Nc2nc(Nc3cccc(OC(F)(F)F)c3)ncc2F)c1.C=CC(=O)Nc1cccc(Nc2nc(Nc3cccc(OC)c3)ncc2OC)c1.C=CC(=O)Nc1cccc(Nc2nc(Nc3cccc(OCCN4CCCC4=O)c3)ncc2F)c1.C=CC(=O)Nc1cccc(Nc2nc(Nc3ccccc3)ncc2C#N)c1. The van der Waals surface area contributed by atoms with Crippen molar-refractivity contribution in [2.75, 3.05) is 103 Å². The van der Waals surface area contributed by atoms with Crippen LogP contribution in [0.5, 0.6) is 23.0 Å². The Bertz CT molecular complexity index is 7460. The van der Waals surface area contributed by atoms with Crippen molar-refractivity contribution < 1.29 is 74.7 Å². The third-order valence-corrected chi connectivity index (χ3v) is 20.4. The molecule has 2 unspecified atom stereocenters. The molecule has 0 aliphatic carbocycles. The summed E-state index contributed by atoms with van der Waals surface area (Å²) in [7, 11) is 3.15. The summed E-state index contributed by atoms with van der Waals surface area (Å²) < 4.78 is 100. The van der Waals surface area contributed by atoms with E-state index in [9.17, 15) is 61.0 Å². The van der Waals surface area contributed by atoms with Crippen LogP contribution in [0.1, 0.15) is 41.7 Å². The molecule has 1 fully saturated rings. The van der Waals surface area contributed by atoms with E-state index in [1.165, 1.54) is 36.5 Å². The molecule has 758 valence electrons. The molecule has 43 heteroatoms. The van der Waals surface area contributed by atoms with E-state index >= 15 is 0 Å². The van der Waals surface area contributed by atoms with Gasteiger partial charge in [0.2, 0.25) is 53.4 Å². The second-order valence-corrected chi connectivity index (χ2v) is 31.1. The zero-order valence-electron chi connectivity index (χ0n) is 79.8. The van der Waals surface area contributed by atoms with E-state index in [2.05, 4.69) is 163 Å². The number of rotatable bonds is 37. The van der Waals surface area contributed by atoms with Crippen LogP contribution < -0.4 is 88.1 Å². The molecule has 0 bridgehead atoms. The van der Waals surface area contributed by atoms with Crippen LogP contribution in [0.25, 0.3) is 0 Å². The van der Waals surface area contributed by atoms with Crippen molar-refractivity contribution in [2.24, 2.45) is 0 Å². The lowest BCUT2D eigenvalue weighted by Crippen LogP contribution is -2.29. The summed E-state index contributed by atoms with van der Waals surface area (Å²) in [4.78, 5) is 89.4. The zero-order chi connectivity index (χ0) is 107. The van der Waals surface area contributed by atoms with Crippen molar-refractivity contribution in [3.05, 3.63) is 382 Å². The van der Waals surface area contributed by atoms with E-state index < -0.39 is 41.8 Å². The lowest BCUT2D eigenvalue weighted by atomic mass is 10.0. The number of likely N-dealkylation sites (tertiary alicyclic amines) is 1. The predicted molar refractivity (Wildman–Crippen MR) is 559 cm³/mol. The Labute approximate surface area is 855 Å². The van der Waals surface area contributed by atoms with Crippen LogP contribution in [0.15, 0.2) is 348 Å². The summed E-state index contributed by atoms with van der Waals surface area (Å²) >= 11 is 0. The molecule has 1 saturated heterocycles. The van der Waals surface area contributed by atoms with Gasteiger partial charge in [0.15, 0.2) is 52.3 Å². The number of nitrogens with one attached hydrogen (secondary N) is 13. The topological polar surface area (TPSA) is 506 Å². The van der Waals surface area contributed by atoms with E-state index in [4.69, 9.17) is 24.7 Å². The number of para-hydroxylation sites is 2. The minimum Gasteiger partial charge on any atom is -0.497 e. The molecule has 15 aromatic rings. The molecular weight excluding hydrogens is 1940 g/mol. The second-order valence-electron chi connectivity index (χ2n) is 31.1. The highest BCUT2D eigenvalue weighted by Crippen LogP contribution is 2.35. The van der Waals surface area contributed by atoms with Gasteiger partial charge in [0.1, 0.15) is 47.7 Å². The smallest absolute Gasteiger partial charge is 0.497 e. The monoisotopic (exact) mass is 2030 g/mol. The number of hydrogen-bond acceptors (Lipinski definition) is 33. The maximum atomic E-state index is 14.4. The van der Waals surface area contributed by atoms with Crippen molar-refractivity contribution in [1.82, 2.24) is 54.7 Å². The normalized spacial score (nSPS) is 11.2. The van der Waals surface area contributed by atoms with Crippen LogP contribution in [0.4, 0.5) is 159 Å². The van der Waals surface area contributed by atoms with E-state index in [1.54, 1.807) is 141 Å². The number of aliphatic hydroxyl groups is 2. The average Bonchev–Trinajstić information content (AvgIpc) is 0.987. The molecule has 2 atom stereocenters. The lowest BCUT2D eigenvalue weighted by molar-refractivity contribution is -0.274. The maximum absolute atomic E-state index is 14.4. The fraction of sp³-hybridized carbons (Fsp3) is 0.0935. The summed E-state index contributed by atoms with van der Waals surface area (Å²) in [5.41, 5.74) is 9.00. The van der Waals surface area contributed by atoms with E-state index in [0.717, 1.165) is 78.3 Å². The van der Waals surface area contributed by atoms with Crippen LogP contribution in [0.2, 0.25) is 0 Å². The standard InChI is InChI=1S/C25H25FN6O3.C21H15F4N5O2.C21H21N5O3.C20H16FN5O.C20H16N6O/c1-2-22(33)28-17-6-3-7-18(14-17)29-24-21(26)16-27-25(31-24)30-19-8-4-9-20(15-19)35-13-12-32-11-5-10-23(32)34;1-12(10-26)18(31)13-4-2-5-14(8-13)28-19-17(22)11-27-20(30-19)29-15-6-3-7-16(9-15)32-21(23,24)25;1-4-19(27)23-14-7-5-8-15(11-14)24-20-18(29-3)13-22-21(26-20)25-16-9-6-10-17(12-16)28-2;1-13(11-22)18(27)14-7-9-16(10-8-14)24-19-17(21)12-23-20(26-19)25-15-5-3-2-4-6-15;1-2-18(27)23-16-9-6-10-17(11-16)24-19-14(12-21)13-22-20(26-19)25-15-7-4-3-5-8-15/h2-4,6-9,14-16H,1,5,10-13H2,(H,28,33)(H2,27,29,30,31);2-9,11,18,31H,1H2,(H2,27,28,29,30);4-13H,1H2,2-3H3,(H,23,27)(H2,22,24,25,26);2-10,12,18,27H,1H2,(H2,23,24,25,26);2-11,13H,1H2,(H,23,27)(H2,22,24,25,26).